The van der Waals surface area contributed by atoms with Gasteiger partial charge in [0.2, 0.25) is 0 Å². The van der Waals surface area contributed by atoms with Crippen molar-refractivity contribution in [1.29, 1.82) is 0 Å². The lowest BCUT2D eigenvalue weighted by molar-refractivity contribution is -0.109. The van der Waals surface area contributed by atoms with Gasteiger partial charge in [0.25, 0.3) is 0 Å². The average molecular weight is 252 g/mol. The van der Waals surface area contributed by atoms with Gasteiger partial charge in [0.05, 0.1) is 12.2 Å². The average Bonchev–Trinajstić information content (AvgIpc) is 2.30. The molecule has 0 aromatic heterocycles. The maximum atomic E-state index is 13.3. The van der Waals surface area contributed by atoms with Crippen LogP contribution >= 0.6 is 11.8 Å². The van der Waals surface area contributed by atoms with E-state index in [1.807, 2.05) is 0 Å². The molecular formula is C13H13FO2S. The SMILES string of the molecule is CC(=O)SCCC#Cc1cc(CO)ccc1F. The van der Waals surface area contributed by atoms with Crippen molar-refractivity contribution in [3.05, 3.63) is 35.1 Å². The zero-order chi connectivity index (χ0) is 12.7. The zero-order valence-corrected chi connectivity index (χ0v) is 10.3. The normalized spacial score (nSPS) is 9.59. The number of aliphatic hydroxyl groups is 1. The number of hydrogen-bond acceptors (Lipinski definition) is 3. The molecule has 1 N–H and O–H groups in total. The third kappa shape index (κ3) is 5.03. The van der Waals surface area contributed by atoms with E-state index >= 15 is 0 Å². The largest absolute Gasteiger partial charge is 0.392 e. The lowest BCUT2D eigenvalue weighted by Crippen LogP contribution is -1.89. The first kappa shape index (κ1) is 13.8. The molecule has 0 bridgehead atoms. The molecule has 1 aromatic carbocycles. The van der Waals surface area contributed by atoms with Crippen molar-refractivity contribution in [3.8, 4) is 11.8 Å². The molecule has 0 unspecified atom stereocenters. The summed E-state index contributed by atoms with van der Waals surface area (Å²) in [6, 6.07) is 4.34. The van der Waals surface area contributed by atoms with E-state index in [9.17, 15) is 9.18 Å². The third-order valence-corrected chi connectivity index (χ3v) is 2.78. The maximum Gasteiger partial charge on any atom is 0.185 e. The first-order valence-corrected chi connectivity index (χ1v) is 6.13. The second-order valence-corrected chi connectivity index (χ2v) is 4.64. The molecule has 90 valence electrons. The van der Waals surface area contributed by atoms with E-state index in [4.69, 9.17) is 5.11 Å². The minimum absolute atomic E-state index is 0.0558. The first-order chi connectivity index (χ1) is 8.13. The quantitative estimate of drug-likeness (QED) is 0.662. The molecule has 0 aliphatic heterocycles. The number of aliphatic hydroxyl groups excluding tert-OH is 1. The summed E-state index contributed by atoms with van der Waals surface area (Å²) in [6.07, 6.45) is 0.535. The van der Waals surface area contributed by atoms with Crippen LogP contribution in [0.5, 0.6) is 0 Å². The van der Waals surface area contributed by atoms with E-state index in [2.05, 4.69) is 11.8 Å². The van der Waals surface area contributed by atoms with Crippen LogP contribution in [0, 0.1) is 17.7 Å². The third-order valence-electron chi connectivity index (χ3n) is 1.97. The van der Waals surface area contributed by atoms with Crippen LogP contribution in [0.3, 0.4) is 0 Å². The monoisotopic (exact) mass is 252 g/mol. The Morgan fingerprint density at radius 1 is 1.53 bits per heavy atom. The van der Waals surface area contributed by atoms with Crippen molar-refractivity contribution < 1.29 is 14.3 Å². The Bertz CT molecular complexity index is 460. The van der Waals surface area contributed by atoms with Crippen LogP contribution in [-0.2, 0) is 11.4 Å². The summed E-state index contributed by atoms with van der Waals surface area (Å²) in [6.45, 7) is 1.37. The number of thioether (sulfide) groups is 1. The van der Waals surface area contributed by atoms with Crippen LogP contribution in [0.25, 0.3) is 0 Å². The summed E-state index contributed by atoms with van der Waals surface area (Å²) < 4.78 is 13.3. The Balaban J connectivity index is 2.61. The molecule has 0 saturated heterocycles. The van der Waals surface area contributed by atoms with Crippen molar-refractivity contribution in [3.63, 3.8) is 0 Å². The van der Waals surface area contributed by atoms with Gasteiger partial charge < -0.3 is 5.11 Å². The van der Waals surface area contributed by atoms with Crippen molar-refractivity contribution in [2.75, 3.05) is 5.75 Å². The van der Waals surface area contributed by atoms with Gasteiger partial charge in [-0.1, -0.05) is 29.7 Å². The molecule has 0 spiro atoms. The summed E-state index contributed by atoms with van der Waals surface area (Å²) in [5, 5.41) is 8.97. The lowest BCUT2D eigenvalue weighted by Gasteiger charge is -1.98. The van der Waals surface area contributed by atoms with E-state index in [1.54, 1.807) is 0 Å². The highest BCUT2D eigenvalue weighted by Gasteiger charge is 1.99. The van der Waals surface area contributed by atoms with Gasteiger partial charge in [-0.25, -0.2) is 4.39 Å². The predicted octanol–water partition coefficient (Wildman–Crippen LogP) is 2.34. The molecule has 1 rings (SSSR count). The van der Waals surface area contributed by atoms with E-state index in [1.165, 1.54) is 36.9 Å². The van der Waals surface area contributed by atoms with Crippen LogP contribution in [-0.4, -0.2) is 16.0 Å². The highest BCUT2D eigenvalue weighted by molar-refractivity contribution is 8.13. The van der Waals surface area contributed by atoms with Gasteiger partial charge in [-0.05, 0) is 17.7 Å². The topological polar surface area (TPSA) is 37.3 Å². The van der Waals surface area contributed by atoms with Gasteiger partial charge in [-0.3, -0.25) is 4.79 Å². The molecule has 2 nitrogen and oxygen atoms in total. The van der Waals surface area contributed by atoms with E-state index in [-0.39, 0.29) is 17.3 Å². The molecule has 0 fully saturated rings. The van der Waals surface area contributed by atoms with Gasteiger partial charge in [-0.15, -0.1) is 0 Å². The van der Waals surface area contributed by atoms with Crippen LogP contribution in [0.4, 0.5) is 4.39 Å². The lowest BCUT2D eigenvalue weighted by atomic mass is 10.1. The van der Waals surface area contributed by atoms with Gasteiger partial charge in [0, 0.05) is 19.1 Å². The summed E-state index contributed by atoms with van der Waals surface area (Å²) in [7, 11) is 0. The Labute approximate surface area is 104 Å². The Morgan fingerprint density at radius 3 is 2.94 bits per heavy atom. The minimum Gasteiger partial charge on any atom is -0.392 e. The van der Waals surface area contributed by atoms with Gasteiger partial charge in [0.1, 0.15) is 5.82 Å². The number of halogens is 1. The minimum atomic E-state index is -0.395. The molecule has 0 aliphatic rings. The van der Waals surface area contributed by atoms with Crippen LogP contribution in [0.15, 0.2) is 18.2 Å². The number of carbonyl (C=O) groups is 1. The number of hydrogen-bond donors (Lipinski definition) is 1. The zero-order valence-electron chi connectivity index (χ0n) is 9.50. The molecule has 0 radical (unpaired) electrons. The summed E-state index contributed by atoms with van der Waals surface area (Å²) in [5.41, 5.74) is 0.915. The fourth-order valence-electron chi connectivity index (χ4n) is 1.17. The number of benzene rings is 1. The second-order valence-electron chi connectivity index (χ2n) is 3.36. The highest BCUT2D eigenvalue weighted by atomic mass is 32.2. The van der Waals surface area contributed by atoms with Crippen molar-refractivity contribution in [1.82, 2.24) is 0 Å². The Morgan fingerprint density at radius 2 is 2.29 bits per heavy atom. The molecule has 0 saturated carbocycles. The van der Waals surface area contributed by atoms with Crippen molar-refractivity contribution in [2.45, 2.75) is 20.0 Å². The Kier molecular flexibility index (Phi) is 5.75. The summed E-state index contributed by atoms with van der Waals surface area (Å²) in [4.78, 5) is 10.6. The summed E-state index contributed by atoms with van der Waals surface area (Å²) in [5.74, 6) is 5.73. The van der Waals surface area contributed by atoms with E-state index < -0.39 is 5.82 Å². The summed E-state index contributed by atoms with van der Waals surface area (Å²) >= 11 is 1.20. The fraction of sp³-hybridized carbons (Fsp3) is 0.308. The van der Waals surface area contributed by atoms with Crippen LogP contribution in [0.1, 0.15) is 24.5 Å². The fourth-order valence-corrected chi connectivity index (χ4v) is 1.66. The molecule has 0 heterocycles. The number of rotatable bonds is 3. The van der Waals surface area contributed by atoms with Crippen LogP contribution < -0.4 is 0 Å². The van der Waals surface area contributed by atoms with E-state index in [0.717, 1.165) is 0 Å². The molecule has 0 atom stereocenters. The van der Waals surface area contributed by atoms with Gasteiger partial charge >= 0.3 is 0 Å². The molecule has 0 aliphatic carbocycles. The maximum absolute atomic E-state index is 13.3. The molecular weight excluding hydrogens is 239 g/mol. The predicted molar refractivity (Wildman–Crippen MR) is 67.0 cm³/mol. The second kappa shape index (κ2) is 7.10. The van der Waals surface area contributed by atoms with Gasteiger partial charge in [-0.2, -0.15) is 0 Å². The molecule has 0 amide bonds. The standard InChI is InChI=1S/C13H13FO2S/c1-10(16)17-7-3-2-4-12-8-11(9-15)5-6-13(12)14/h5-6,8,15H,3,7,9H2,1H3. The molecule has 4 heteroatoms. The van der Waals surface area contributed by atoms with Crippen molar-refractivity contribution >= 4 is 16.9 Å². The molecule has 1 aromatic rings. The van der Waals surface area contributed by atoms with Crippen LogP contribution in [0.2, 0.25) is 0 Å². The highest BCUT2D eigenvalue weighted by Crippen LogP contribution is 2.09. The molecule has 17 heavy (non-hydrogen) atoms. The first-order valence-electron chi connectivity index (χ1n) is 5.15. The van der Waals surface area contributed by atoms with E-state index in [0.29, 0.717) is 17.7 Å². The smallest absolute Gasteiger partial charge is 0.185 e. The number of carbonyl (C=O) groups excluding carboxylic acids is 1. The van der Waals surface area contributed by atoms with Crippen molar-refractivity contribution in [2.24, 2.45) is 0 Å². The Hall–Kier alpha value is -1.31. The van der Waals surface area contributed by atoms with Gasteiger partial charge in [0.15, 0.2) is 5.12 Å².